The highest BCUT2D eigenvalue weighted by atomic mass is 19.1. The number of likely N-dealkylation sites (tertiary alicyclic amines) is 1. The Hall–Kier alpha value is -1.58. The Morgan fingerprint density at radius 1 is 1.30 bits per heavy atom. The van der Waals surface area contributed by atoms with Crippen molar-refractivity contribution in [2.24, 2.45) is 11.3 Å². The van der Waals surface area contributed by atoms with E-state index in [0.29, 0.717) is 24.7 Å². The first-order chi connectivity index (χ1) is 9.29. The van der Waals surface area contributed by atoms with Gasteiger partial charge in [-0.25, -0.2) is 4.39 Å². The third-order valence-corrected chi connectivity index (χ3v) is 4.23. The molecule has 0 radical (unpaired) electrons. The molecule has 1 aliphatic rings. The highest BCUT2D eigenvalue weighted by molar-refractivity contribution is 5.95. The third-order valence-electron chi connectivity index (χ3n) is 4.23. The predicted molar refractivity (Wildman–Crippen MR) is 78.9 cm³/mol. The number of nitrogens with two attached hydrogens (primary N) is 1. The van der Waals surface area contributed by atoms with Crippen LogP contribution in [0.15, 0.2) is 18.2 Å². The first-order valence-electron chi connectivity index (χ1n) is 7.13. The van der Waals surface area contributed by atoms with E-state index in [1.54, 1.807) is 4.90 Å². The Kier molecular flexibility index (Phi) is 4.02. The second-order valence-electron chi connectivity index (χ2n) is 6.67. The van der Waals surface area contributed by atoms with Crippen LogP contribution in [0.4, 0.5) is 10.1 Å². The fourth-order valence-corrected chi connectivity index (χ4v) is 2.83. The van der Waals surface area contributed by atoms with Crippen LogP contribution in [0.2, 0.25) is 0 Å². The average Bonchev–Trinajstić information content (AvgIpc) is 2.40. The molecule has 0 spiro atoms. The zero-order chi connectivity index (χ0) is 14.9. The lowest BCUT2D eigenvalue weighted by atomic mass is 9.75. The van der Waals surface area contributed by atoms with E-state index in [1.165, 1.54) is 18.2 Å². The molecule has 1 aliphatic heterocycles. The first-order valence-corrected chi connectivity index (χ1v) is 7.13. The molecule has 1 saturated heterocycles. The van der Waals surface area contributed by atoms with Gasteiger partial charge in [-0.1, -0.05) is 20.8 Å². The molecule has 0 saturated carbocycles. The number of nitrogen functional groups attached to an aromatic ring is 1. The van der Waals surface area contributed by atoms with E-state index >= 15 is 0 Å². The van der Waals surface area contributed by atoms with Crippen molar-refractivity contribution in [2.75, 3.05) is 18.8 Å². The van der Waals surface area contributed by atoms with Crippen molar-refractivity contribution < 1.29 is 9.18 Å². The average molecular weight is 278 g/mol. The van der Waals surface area contributed by atoms with Gasteiger partial charge in [-0.05, 0) is 42.4 Å². The normalized spacial score (nSPS) is 17.3. The maximum absolute atomic E-state index is 13.7. The second kappa shape index (κ2) is 5.43. The number of carbonyl (C=O) groups is 1. The van der Waals surface area contributed by atoms with E-state index in [-0.39, 0.29) is 16.9 Å². The molecule has 0 bridgehead atoms. The summed E-state index contributed by atoms with van der Waals surface area (Å²) in [5.74, 6) is -0.137. The number of amides is 1. The van der Waals surface area contributed by atoms with Crippen LogP contribution in [-0.4, -0.2) is 23.9 Å². The number of anilines is 1. The standard InChI is InChI=1S/C16H23FN2O/c1-16(2,3)11-6-8-19(9-7-11)15(20)13-10-12(18)4-5-14(13)17/h4-5,10-11H,6-9,18H2,1-3H3. The molecule has 1 aromatic rings. The van der Waals surface area contributed by atoms with Crippen LogP contribution in [0.1, 0.15) is 44.0 Å². The van der Waals surface area contributed by atoms with Crippen LogP contribution in [0.3, 0.4) is 0 Å². The minimum atomic E-state index is -0.498. The summed E-state index contributed by atoms with van der Waals surface area (Å²) in [6.45, 7) is 8.07. The molecule has 0 unspecified atom stereocenters. The van der Waals surface area contributed by atoms with Gasteiger partial charge in [-0.3, -0.25) is 4.79 Å². The molecule has 4 heteroatoms. The lowest BCUT2D eigenvalue weighted by Crippen LogP contribution is -2.41. The number of hydrogen-bond donors (Lipinski definition) is 1. The number of piperidine rings is 1. The molecule has 0 aliphatic carbocycles. The minimum absolute atomic E-state index is 0.0826. The smallest absolute Gasteiger partial charge is 0.256 e. The summed E-state index contributed by atoms with van der Waals surface area (Å²) in [5.41, 5.74) is 6.40. The van der Waals surface area contributed by atoms with Crippen LogP contribution in [0.25, 0.3) is 0 Å². The van der Waals surface area contributed by atoms with Crippen molar-refractivity contribution in [2.45, 2.75) is 33.6 Å². The number of rotatable bonds is 1. The fraction of sp³-hybridized carbons (Fsp3) is 0.562. The van der Waals surface area contributed by atoms with Gasteiger partial charge in [0.15, 0.2) is 0 Å². The van der Waals surface area contributed by atoms with Gasteiger partial charge in [0.25, 0.3) is 5.91 Å². The van der Waals surface area contributed by atoms with Gasteiger partial charge in [-0.2, -0.15) is 0 Å². The van der Waals surface area contributed by atoms with E-state index in [9.17, 15) is 9.18 Å². The summed E-state index contributed by atoms with van der Waals surface area (Å²) >= 11 is 0. The maximum atomic E-state index is 13.7. The summed E-state index contributed by atoms with van der Waals surface area (Å²) in [6, 6.07) is 4.15. The largest absolute Gasteiger partial charge is 0.399 e. The Balaban J connectivity index is 2.07. The van der Waals surface area contributed by atoms with Gasteiger partial charge >= 0.3 is 0 Å². The van der Waals surface area contributed by atoms with Crippen LogP contribution in [-0.2, 0) is 0 Å². The van der Waals surface area contributed by atoms with Crippen LogP contribution in [0, 0.1) is 17.2 Å². The molecule has 1 fully saturated rings. The zero-order valence-corrected chi connectivity index (χ0v) is 12.4. The van der Waals surface area contributed by atoms with Crippen molar-refractivity contribution >= 4 is 11.6 Å². The van der Waals surface area contributed by atoms with E-state index in [0.717, 1.165) is 12.8 Å². The highest BCUT2D eigenvalue weighted by Crippen LogP contribution is 2.34. The molecular weight excluding hydrogens is 255 g/mol. The van der Waals surface area contributed by atoms with Gasteiger partial charge < -0.3 is 10.6 Å². The summed E-state index contributed by atoms with van der Waals surface area (Å²) in [6.07, 6.45) is 1.94. The van der Waals surface area contributed by atoms with Gasteiger partial charge in [0.1, 0.15) is 5.82 Å². The number of benzene rings is 1. The van der Waals surface area contributed by atoms with Crippen LogP contribution < -0.4 is 5.73 Å². The number of halogens is 1. The van der Waals surface area contributed by atoms with Gasteiger partial charge in [0.05, 0.1) is 5.56 Å². The van der Waals surface area contributed by atoms with E-state index in [1.807, 2.05) is 0 Å². The number of nitrogens with zero attached hydrogens (tertiary/aromatic N) is 1. The summed E-state index contributed by atoms with van der Waals surface area (Å²) in [7, 11) is 0. The quantitative estimate of drug-likeness (QED) is 0.801. The molecule has 3 nitrogen and oxygen atoms in total. The summed E-state index contributed by atoms with van der Waals surface area (Å²) < 4.78 is 13.7. The Morgan fingerprint density at radius 2 is 1.90 bits per heavy atom. The topological polar surface area (TPSA) is 46.3 Å². The van der Waals surface area contributed by atoms with E-state index in [2.05, 4.69) is 20.8 Å². The van der Waals surface area contributed by atoms with Crippen molar-refractivity contribution in [3.8, 4) is 0 Å². The molecule has 2 rings (SSSR count). The van der Waals surface area contributed by atoms with Crippen molar-refractivity contribution in [3.05, 3.63) is 29.6 Å². The predicted octanol–water partition coefficient (Wildman–Crippen LogP) is 3.31. The molecule has 1 amide bonds. The summed E-state index contributed by atoms with van der Waals surface area (Å²) in [4.78, 5) is 14.1. The Labute approximate surface area is 120 Å². The lowest BCUT2D eigenvalue weighted by Gasteiger charge is -2.38. The molecule has 20 heavy (non-hydrogen) atoms. The van der Waals surface area contributed by atoms with Crippen LogP contribution >= 0.6 is 0 Å². The Morgan fingerprint density at radius 3 is 2.45 bits per heavy atom. The minimum Gasteiger partial charge on any atom is -0.399 e. The van der Waals surface area contributed by atoms with E-state index in [4.69, 9.17) is 5.73 Å². The van der Waals surface area contributed by atoms with Crippen LogP contribution in [0.5, 0.6) is 0 Å². The summed E-state index contributed by atoms with van der Waals surface area (Å²) in [5, 5.41) is 0. The fourth-order valence-electron chi connectivity index (χ4n) is 2.83. The molecule has 0 aromatic heterocycles. The molecule has 1 aromatic carbocycles. The van der Waals surface area contributed by atoms with Crippen molar-refractivity contribution in [3.63, 3.8) is 0 Å². The van der Waals surface area contributed by atoms with Gasteiger partial charge in [-0.15, -0.1) is 0 Å². The number of hydrogen-bond acceptors (Lipinski definition) is 2. The molecule has 0 atom stereocenters. The SMILES string of the molecule is CC(C)(C)C1CCN(C(=O)c2cc(N)ccc2F)CC1. The van der Waals surface area contributed by atoms with Crippen molar-refractivity contribution in [1.29, 1.82) is 0 Å². The van der Waals surface area contributed by atoms with Crippen molar-refractivity contribution in [1.82, 2.24) is 4.90 Å². The number of carbonyl (C=O) groups excluding carboxylic acids is 1. The zero-order valence-electron chi connectivity index (χ0n) is 12.4. The van der Waals surface area contributed by atoms with Gasteiger partial charge in [0.2, 0.25) is 0 Å². The highest BCUT2D eigenvalue weighted by Gasteiger charge is 2.31. The van der Waals surface area contributed by atoms with E-state index < -0.39 is 5.82 Å². The first kappa shape index (κ1) is 14.8. The molecular formula is C16H23FN2O. The molecule has 1 heterocycles. The van der Waals surface area contributed by atoms with Gasteiger partial charge in [0, 0.05) is 18.8 Å². The monoisotopic (exact) mass is 278 g/mol. The lowest BCUT2D eigenvalue weighted by molar-refractivity contribution is 0.0604. The Bertz CT molecular complexity index is 500. The molecule has 2 N–H and O–H groups in total. The molecule has 110 valence electrons. The second-order valence-corrected chi connectivity index (χ2v) is 6.67. The maximum Gasteiger partial charge on any atom is 0.256 e. The third kappa shape index (κ3) is 3.11.